The SMILES string of the molecule is Cc1cccc(-n2[nH]c(=O)c(C=c3c(C)c(C#N)c4nc5ccccc5n4c3=O)c2O)c1. The smallest absolute Gasteiger partial charge is 0.275 e. The summed E-state index contributed by atoms with van der Waals surface area (Å²) in [6, 6.07) is 16.5. The van der Waals surface area contributed by atoms with Crippen LogP contribution in [0.3, 0.4) is 0 Å². The molecular formula is C24H17N5O3. The topological polar surface area (TPSA) is 116 Å². The lowest BCUT2D eigenvalue weighted by molar-refractivity contribution is 0.432. The van der Waals surface area contributed by atoms with Crippen LogP contribution in [0.15, 0.2) is 58.1 Å². The third kappa shape index (κ3) is 2.72. The summed E-state index contributed by atoms with van der Waals surface area (Å²) in [6.45, 7) is 3.53. The second-order valence-electron chi connectivity index (χ2n) is 7.59. The number of imidazole rings is 1. The van der Waals surface area contributed by atoms with Crippen molar-refractivity contribution in [3.05, 3.63) is 96.7 Å². The number of nitriles is 1. The number of pyridine rings is 1. The van der Waals surface area contributed by atoms with Crippen molar-refractivity contribution in [2.45, 2.75) is 13.8 Å². The van der Waals surface area contributed by atoms with Crippen LogP contribution in [0.2, 0.25) is 0 Å². The van der Waals surface area contributed by atoms with Crippen molar-refractivity contribution in [1.29, 1.82) is 5.26 Å². The van der Waals surface area contributed by atoms with Gasteiger partial charge in [0.2, 0.25) is 5.88 Å². The molecule has 2 aromatic carbocycles. The number of benzene rings is 2. The number of fused-ring (bicyclic) bond motifs is 3. The maximum absolute atomic E-state index is 13.4. The van der Waals surface area contributed by atoms with E-state index in [9.17, 15) is 20.0 Å². The summed E-state index contributed by atoms with van der Waals surface area (Å²) in [5.74, 6) is -0.325. The molecule has 0 unspecified atom stereocenters. The fourth-order valence-corrected chi connectivity index (χ4v) is 3.95. The van der Waals surface area contributed by atoms with Crippen molar-refractivity contribution in [1.82, 2.24) is 19.2 Å². The molecule has 0 spiro atoms. The van der Waals surface area contributed by atoms with Crippen molar-refractivity contribution in [3.8, 4) is 17.6 Å². The van der Waals surface area contributed by atoms with Gasteiger partial charge in [-0.05, 0) is 55.3 Å². The highest BCUT2D eigenvalue weighted by Gasteiger charge is 2.18. The molecule has 0 amide bonds. The lowest BCUT2D eigenvalue weighted by Gasteiger charge is -2.05. The Morgan fingerprint density at radius 3 is 2.66 bits per heavy atom. The lowest BCUT2D eigenvalue weighted by atomic mass is 10.1. The molecule has 32 heavy (non-hydrogen) atoms. The van der Waals surface area contributed by atoms with E-state index in [0.717, 1.165) is 5.56 Å². The van der Waals surface area contributed by atoms with Crippen LogP contribution in [0.5, 0.6) is 5.88 Å². The van der Waals surface area contributed by atoms with E-state index in [2.05, 4.69) is 16.2 Å². The monoisotopic (exact) mass is 423 g/mol. The molecule has 0 bridgehead atoms. The summed E-state index contributed by atoms with van der Waals surface area (Å²) in [4.78, 5) is 30.5. The Labute approximate surface area is 180 Å². The number of aryl methyl sites for hydroxylation is 1. The van der Waals surface area contributed by atoms with E-state index in [0.29, 0.717) is 22.3 Å². The van der Waals surface area contributed by atoms with E-state index in [4.69, 9.17) is 0 Å². The molecule has 0 saturated heterocycles. The number of nitrogens with one attached hydrogen (secondary N) is 1. The Morgan fingerprint density at radius 2 is 1.91 bits per heavy atom. The van der Waals surface area contributed by atoms with Crippen LogP contribution in [-0.2, 0) is 0 Å². The van der Waals surface area contributed by atoms with Crippen LogP contribution in [-0.4, -0.2) is 24.3 Å². The number of aromatic hydroxyl groups is 1. The predicted molar refractivity (Wildman–Crippen MR) is 120 cm³/mol. The standard InChI is InChI=1S/C24H17N5O3/c1-13-6-5-7-15(10-13)29-24(32)17(22(30)27-29)11-16-14(2)18(12-25)21-26-19-8-3-4-9-20(19)28(21)23(16)31/h3-11,32H,1-2H3,(H,27,30). The van der Waals surface area contributed by atoms with Crippen molar-refractivity contribution in [3.63, 3.8) is 0 Å². The summed E-state index contributed by atoms with van der Waals surface area (Å²) >= 11 is 0. The van der Waals surface area contributed by atoms with Gasteiger partial charge in [-0.25, -0.2) is 9.67 Å². The molecule has 0 saturated carbocycles. The molecule has 0 atom stereocenters. The number of hydrogen-bond acceptors (Lipinski definition) is 5. The normalized spacial score (nSPS) is 12.0. The zero-order valence-electron chi connectivity index (χ0n) is 17.2. The molecule has 5 aromatic rings. The molecule has 5 rings (SSSR count). The molecule has 3 aromatic heterocycles. The fraction of sp³-hybridized carbons (Fsp3) is 0.0833. The summed E-state index contributed by atoms with van der Waals surface area (Å²) in [5, 5.41) is 23.3. The molecule has 156 valence electrons. The molecule has 3 heterocycles. The van der Waals surface area contributed by atoms with Crippen LogP contribution >= 0.6 is 0 Å². The number of aromatic nitrogens is 4. The van der Waals surface area contributed by atoms with Gasteiger partial charge in [0.15, 0.2) is 5.65 Å². The minimum atomic E-state index is -0.558. The van der Waals surface area contributed by atoms with E-state index in [-0.39, 0.29) is 27.9 Å². The lowest BCUT2D eigenvalue weighted by Crippen LogP contribution is -2.34. The first-order valence-electron chi connectivity index (χ1n) is 9.87. The van der Waals surface area contributed by atoms with Gasteiger partial charge in [-0.1, -0.05) is 24.3 Å². The zero-order valence-corrected chi connectivity index (χ0v) is 17.2. The minimum Gasteiger partial charge on any atom is -0.493 e. The largest absolute Gasteiger partial charge is 0.493 e. The highest BCUT2D eigenvalue weighted by atomic mass is 16.3. The average Bonchev–Trinajstić information content (AvgIpc) is 3.29. The number of H-pyrrole nitrogens is 1. The van der Waals surface area contributed by atoms with Crippen LogP contribution in [0.4, 0.5) is 0 Å². The first kappa shape index (κ1) is 19.3. The second-order valence-corrected chi connectivity index (χ2v) is 7.59. The van der Waals surface area contributed by atoms with Gasteiger partial charge in [-0.2, -0.15) is 5.26 Å². The third-order valence-corrected chi connectivity index (χ3v) is 5.57. The van der Waals surface area contributed by atoms with E-state index in [1.807, 2.05) is 19.1 Å². The van der Waals surface area contributed by atoms with E-state index in [1.165, 1.54) is 15.2 Å². The Hall–Kier alpha value is -4.64. The van der Waals surface area contributed by atoms with Crippen LogP contribution < -0.4 is 16.3 Å². The van der Waals surface area contributed by atoms with Crippen LogP contribution in [0.25, 0.3) is 28.4 Å². The summed E-state index contributed by atoms with van der Waals surface area (Å²) in [5.41, 5.74) is 2.52. The maximum atomic E-state index is 13.4. The van der Waals surface area contributed by atoms with Gasteiger partial charge < -0.3 is 5.11 Å². The van der Waals surface area contributed by atoms with Gasteiger partial charge in [0, 0.05) is 5.22 Å². The fourth-order valence-electron chi connectivity index (χ4n) is 3.95. The Morgan fingerprint density at radius 1 is 1.12 bits per heavy atom. The van der Waals surface area contributed by atoms with Crippen molar-refractivity contribution in [2.75, 3.05) is 0 Å². The zero-order chi connectivity index (χ0) is 22.6. The molecule has 0 radical (unpaired) electrons. The van der Waals surface area contributed by atoms with E-state index >= 15 is 0 Å². The number of para-hydroxylation sites is 2. The second kappa shape index (κ2) is 6.96. The van der Waals surface area contributed by atoms with E-state index in [1.54, 1.807) is 43.3 Å². The third-order valence-electron chi connectivity index (χ3n) is 5.57. The molecule has 0 aliphatic carbocycles. The van der Waals surface area contributed by atoms with Gasteiger partial charge in [0.1, 0.15) is 11.6 Å². The Balaban J connectivity index is 1.86. The summed E-state index contributed by atoms with van der Waals surface area (Å²) in [6.07, 6.45) is 1.33. The van der Waals surface area contributed by atoms with Crippen molar-refractivity contribution < 1.29 is 5.11 Å². The molecule has 8 nitrogen and oxygen atoms in total. The molecule has 2 N–H and O–H groups in total. The summed E-state index contributed by atoms with van der Waals surface area (Å²) in [7, 11) is 0. The number of nitrogens with zero attached hydrogens (tertiary/aromatic N) is 4. The van der Waals surface area contributed by atoms with Gasteiger partial charge in [0.25, 0.3) is 11.1 Å². The van der Waals surface area contributed by atoms with Gasteiger partial charge >= 0.3 is 0 Å². The minimum absolute atomic E-state index is 0.0700. The van der Waals surface area contributed by atoms with E-state index < -0.39 is 11.1 Å². The number of aromatic amines is 1. The first-order chi connectivity index (χ1) is 15.4. The first-order valence-corrected chi connectivity index (χ1v) is 9.87. The molecule has 0 aliphatic heterocycles. The van der Waals surface area contributed by atoms with Gasteiger partial charge in [-0.15, -0.1) is 0 Å². The highest BCUT2D eigenvalue weighted by Crippen LogP contribution is 2.21. The van der Waals surface area contributed by atoms with Gasteiger partial charge in [-0.3, -0.25) is 19.1 Å². The van der Waals surface area contributed by atoms with Crippen LogP contribution in [0.1, 0.15) is 22.3 Å². The molecular weight excluding hydrogens is 406 g/mol. The highest BCUT2D eigenvalue weighted by molar-refractivity contribution is 5.82. The Kier molecular flexibility index (Phi) is 4.20. The Bertz CT molecular complexity index is 1770. The van der Waals surface area contributed by atoms with Crippen molar-refractivity contribution in [2.24, 2.45) is 0 Å². The number of rotatable bonds is 2. The van der Waals surface area contributed by atoms with Gasteiger partial charge in [0.05, 0.1) is 22.3 Å². The van der Waals surface area contributed by atoms with Crippen LogP contribution in [0, 0.1) is 25.2 Å². The quantitative estimate of drug-likeness (QED) is 0.451. The maximum Gasteiger partial charge on any atom is 0.275 e. The predicted octanol–water partition coefficient (Wildman–Crippen LogP) is 2.07. The average molecular weight is 423 g/mol. The molecule has 8 heteroatoms. The number of hydrogen-bond donors (Lipinski definition) is 2. The molecule has 0 aliphatic rings. The summed E-state index contributed by atoms with van der Waals surface area (Å²) < 4.78 is 2.63. The van der Waals surface area contributed by atoms with Crippen molar-refractivity contribution >= 4 is 22.8 Å². The molecule has 0 fully saturated rings.